The maximum absolute atomic E-state index is 12.7. The van der Waals surface area contributed by atoms with E-state index in [9.17, 15) is 17.1 Å². The van der Waals surface area contributed by atoms with E-state index >= 15 is 0 Å². The van der Waals surface area contributed by atoms with E-state index in [-0.39, 0.29) is 22.6 Å². The van der Waals surface area contributed by atoms with Crippen molar-refractivity contribution in [2.75, 3.05) is 0 Å². The molecule has 1 rings (SSSR count). The van der Waals surface area contributed by atoms with Gasteiger partial charge in [0.1, 0.15) is 4.90 Å². The molecule has 0 aliphatic rings. The molecule has 0 saturated heterocycles. The number of carbonyl (C=O) groups excluding carboxylic acids is 1. The second-order valence-electron chi connectivity index (χ2n) is 2.44. The second kappa shape index (κ2) is 5.25. The van der Waals surface area contributed by atoms with Gasteiger partial charge in [0, 0.05) is 17.1 Å². The zero-order valence-electron chi connectivity index (χ0n) is 7.41. The minimum Gasteiger partial charge on any atom is -0.504 e. The van der Waals surface area contributed by atoms with Crippen LogP contribution in [0.1, 0.15) is 10.4 Å². The summed E-state index contributed by atoms with van der Waals surface area (Å²) in [5.41, 5.74) is -0.259. The largest absolute Gasteiger partial charge is 0.504 e. The third-order valence-corrected chi connectivity index (χ3v) is 2.44. The summed E-state index contributed by atoms with van der Waals surface area (Å²) in [6, 6.07) is 4.97. The smallest absolute Gasteiger partial charge is 0.332 e. The summed E-state index contributed by atoms with van der Waals surface area (Å²) >= 11 is 0. The van der Waals surface area contributed by atoms with Crippen LogP contribution >= 0.6 is 0 Å². The van der Waals surface area contributed by atoms with Gasteiger partial charge in [0.2, 0.25) is 5.91 Å². The van der Waals surface area contributed by atoms with Crippen LogP contribution in [-0.4, -0.2) is 14.3 Å². The van der Waals surface area contributed by atoms with Gasteiger partial charge in [0.25, 0.3) is 0 Å². The molecule has 7 heteroatoms. The molecule has 0 atom stereocenters. The number of halogens is 1. The van der Waals surface area contributed by atoms with Crippen LogP contribution in [0, 0.1) is 7.05 Å². The van der Waals surface area contributed by atoms with Gasteiger partial charge in [0.15, 0.2) is 0 Å². The third kappa shape index (κ3) is 3.30. The van der Waals surface area contributed by atoms with Crippen LogP contribution in [-0.2, 0) is 27.3 Å². The number of hydrogen-bond acceptors (Lipinski definition) is 3. The maximum atomic E-state index is 12.7. The molecule has 15 heavy (non-hydrogen) atoms. The molecular weight excluding hydrogens is 264 g/mol. The van der Waals surface area contributed by atoms with E-state index in [0.29, 0.717) is 0 Å². The summed E-state index contributed by atoms with van der Waals surface area (Å²) in [4.78, 5) is 10.4. The molecule has 0 spiro atoms. The average molecular weight is 271 g/mol. The van der Waals surface area contributed by atoms with Crippen molar-refractivity contribution in [1.82, 2.24) is 5.32 Å². The second-order valence-corrected chi connectivity index (χ2v) is 3.76. The summed E-state index contributed by atoms with van der Waals surface area (Å²) in [7, 11) is -1.81. The Labute approximate surface area is 97.6 Å². The van der Waals surface area contributed by atoms with E-state index in [1.165, 1.54) is 18.2 Å². The van der Waals surface area contributed by atoms with Crippen molar-refractivity contribution in [2.24, 2.45) is 0 Å². The number of hydrogen-bond donors (Lipinski definition) is 1. The van der Waals surface area contributed by atoms with Gasteiger partial charge in [-0.15, -0.1) is 3.89 Å². The molecule has 0 aromatic heterocycles. The van der Waals surface area contributed by atoms with Crippen LogP contribution in [0.2, 0.25) is 0 Å². The summed E-state index contributed by atoms with van der Waals surface area (Å²) in [6.45, 7) is 0. The Morgan fingerprint density at radius 2 is 1.87 bits per heavy atom. The molecule has 1 aromatic rings. The third-order valence-electron chi connectivity index (χ3n) is 1.55. The Balaban J connectivity index is 0.00000196. The minimum atomic E-state index is -4.88. The van der Waals surface area contributed by atoms with E-state index in [2.05, 4.69) is 7.05 Å². The molecule has 0 heterocycles. The quantitative estimate of drug-likeness (QED) is 0.493. The molecule has 0 saturated carbocycles. The fourth-order valence-corrected chi connectivity index (χ4v) is 1.63. The SMILES string of the molecule is [CH2-]NC(=O)c1ccccc1S(=O)(=O)F.[Mn]. The fourth-order valence-electron chi connectivity index (χ4n) is 0.962. The molecule has 0 aliphatic heterocycles. The van der Waals surface area contributed by atoms with Crippen molar-refractivity contribution >= 4 is 16.1 Å². The Morgan fingerprint density at radius 3 is 2.33 bits per heavy atom. The van der Waals surface area contributed by atoms with Crippen LogP contribution < -0.4 is 5.32 Å². The topological polar surface area (TPSA) is 63.2 Å². The number of nitrogens with one attached hydrogen (secondary N) is 1. The summed E-state index contributed by atoms with van der Waals surface area (Å²) in [5.74, 6) is -0.748. The number of carbonyl (C=O) groups is 1. The van der Waals surface area contributed by atoms with Crippen molar-refractivity contribution < 1.29 is 34.2 Å². The van der Waals surface area contributed by atoms with Crippen molar-refractivity contribution in [3.8, 4) is 0 Å². The van der Waals surface area contributed by atoms with Crippen LogP contribution in [0.25, 0.3) is 0 Å². The van der Waals surface area contributed by atoms with E-state index in [0.717, 1.165) is 6.07 Å². The minimum absolute atomic E-state index is 0. The van der Waals surface area contributed by atoms with E-state index in [4.69, 9.17) is 0 Å². The van der Waals surface area contributed by atoms with Gasteiger partial charge in [-0.25, -0.2) is 0 Å². The standard InChI is InChI=1S/C8H7FNO3S.Mn/c1-10-8(11)6-4-2-3-5-7(6)14(9,12)13;/h2-5H,1H2,(H,10,11);/q-1;. The molecule has 4 nitrogen and oxygen atoms in total. The zero-order valence-corrected chi connectivity index (χ0v) is 9.40. The van der Waals surface area contributed by atoms with Crippen molar-refractivity contribution in [2.45, 2.75) is 4.90 Å². The Bertz CT molecular complexity index is 461. The molecule has 83 valence electrons. The first kappa shape index (κ1) is 14.1. The number of amides is 1. The van der Waals surface area contributed by atoms with Crippen LogP contribution in [0.4, 0.5) is 3.89 Å². The van der Waals surface area contributed by atoms with Gasteiger partial charge in [-0.1, -0.05) is 12.1 Å². The van der Waals surface area contributed by atoms with E-state index in [1.54, 1.807) is 0 Å². The monoisotopic (exact) mass is 271 g/mol. The molecule has 0 fully saturated rings. The van der Waals surface area contributed by atoms with Crippen LogP contribution in [0.15, 0.2) is 29.2 Å². The Hall–Kier alpha value is -0.911. The van der Waals surface area contributed by atoms with Gasteiger partial charge >= 0.3 is 10.2 Å². The summed E-state index contributed by atoms with van der Waals surface area (Å²) in [5, 5.41) is 1.97. The Morgan fingerprint density at radius 1 is 1.33 bits per heavy atom. The van der Waals surface area contributed by atoms with Gasteiger partial charge in [-0.3, -0.25) is 11.8 Å². The van der Waals surface area contributed by atoms with Gasteiger partial charge < -0.3 is 5.32 Å². The summed E-state index contributed by atoms with van der Waals surface area (Å²) < 4.78 is 33.9. The molecule has 0 unspecified atom stereocenters. The molecule has 0 bridgehead atoms. The molecule has 1 radical (unpaired) electrons. The number of rotatable bonds is 2. The first-order valence-electron chi connectivity index (χ1n) is 3.58. The van der Waals surface area contributed by atoms with E-state index in [1.807, 2.05) is 5.32 Å². The van der Waals surface area contributed by atoms with Gasteiger partial charge in [-0.2, -0.15) is 8.42 Å². The first-order chi connectivity index (χ1) is 6.46. The zero-order chi connectivity index (χ0) is 10.8. The molecule has 1 amide bonds. The van der Waals surface area contributed by atoms with Crippen molar-refractivity contribution in [1.29, 1.82) is 0 Å². The maximum Gasteiger partial charge on any atom is 0.332 e. The predicted octanol–water partition coefficient (Wildman–Crippen LogP) is 0.864. The van der Waals surface area contributed by atoms with Crippen molar-refractivity contribution in [3.63, 3.8) is 0 Å². The molecular formula is C8H7FMnNO3S-. The molecule has 0 aliphatic carbocycles. The van der Waals surface area contributed by atoms with Gasteiger partial charge in [-0.05, 0) is 12.1 Å². The van der Waals surface area contributed by atoms with Crippen molar-refractivity contribution in [3.05, 3.63) is 36.9 Å². The summed E-state index contributed by atoms with van der Waals surface area (Å²) in [6.07, 6.45) is 0. The Kier molecular flexibility index (Phi) is 4.93. The van der Waals surface area contributed by atoms with Crippen LogP contribution in [0.5, 0.6) is 0 Å². The van der Waals surface area contributed by atoms with Crippen LogP contribution in [0.3, 0.4) is 0 Å². The first-order valence-corrected chi connectivity index (χ1v) is 4.96. The average Bonchev–Trinajstić information content (AvgIpc) is 2.15. The predicted molar refractivity (Wildman–Crippen MR) is 47.6 cm³/mol. The molecule has 1 N–H and O–H groups in total. The normalized spacial score (nSPS) is 10.3. The van der Waals surface area contributed by atoms with E-state index < -0.39 is 21.0 Å². The molecule has 1 aromatic carbocycles. The number of benzene rings is 1. The van der Waals surface area contributed by atoms with Gasteiger partial charge in [0.05, 0.1) is 5.56 Å². The fraction of sp³-hybridized carbons (Fsp3) is 0.